The average molecular weight is 299 g/mol. The van der Waals surface area contributed by atoms with Crippen LogP contribution in [0.2, 0.25) is 0 Å². The summed E-state index contributed by atoms with van der Waals surface area (Å²) in [6, 6.07) is 0. The summed E-state index contributed by atoms with van der Waals surface area (Å²) < 4.78 is 35.3. The smallest absolute Gasteiger partial charge is 1.00 e. The first kappa shape index (κ1) is 18.6. The first-order valence-electron chi connectivity index (χ1n) is 4.41. The second-order valence-corrected chi connectivity index (χ2v) is 4.69. The molecule has 1 heterocycles. The van der Waals surface area contributed by atoms with E-state index >= 15 is 0 Å². The number of hydrogen-bond donors (Lipinski definition) is 7. The van der Waals surface area contributed by atoms with Gasteiger partial charge in [0.15, 0.2) is 18.1 Å². The summed E-state index contributed by atoms with van der Waals surface area (Å²) in [6.07, 6.45) is -7.97. The molecule has 0 saturated carbocycles. The van der Waals surface area contributed by atoms with Gasteiger partial charge in [0.1, 0.15) is 12.2 Å². The van der Waals surface area contributed by atoms with E-state index in [0.29, 0.717) is 0 Å². The first-order chi connectivity index (χ1) is 7.62. The van der Waals surface area contributed by atoms with E-state index in [1.54, 1.807) is 0 Å². The standard InChI is InChI=1S/C6H13NO9S.Na.H/c8-1-2-3(9)6(12,7-17(13,14)15)4(10)5(11)16-2;;/h2-5,7-12H,1H2,(H,13,14,15);;/q;+1;-1/t2-,3-,4-,5+,6-;;/m1../s1. The Morgan fingerprint density at radius 2 is 1.78 bits per heavy atom. The zero-order valence-corrected chi connectivity index (χ0v) is 12.1. The van der Waals surface area contributed by atoms with Crippen molar-refractivity contribution in [1.82, 2.24) is 4.72 Å². The molecule has 0 spiro atoms. The fraction of sp³-hybridized carbons (Fsp3) is 1.00. The molecule has 1 fully saturated rings. The minimum absolute atomic E-state index is 0. The molecule has 104 valence electrons. The van der Waals surface area contributed by atoms with E-state index < -0.39 is 47.2 Å². The van der Waals surface area contributed by atoms with E-state index in [4.69, 9.17) is 14.8 Å². The predicted molar refractivity (Wildman–Crippen MR) is 50.7 cm³/mol. The average Bonchev–Trinajstić information content (AvgIpc) is 2.19. The quantitative estimate of drug-likeness (QED) is 0.151. The van der Waals surface area contributed by atoms with Gasteiger partial charge in [0.05, 0.1) is 6.61 Å². The Morgan fingerprint density at radius 3 is 2.17 bits per heavy atom. The number of hydrogen-bond acceptors (Lipinski definition) is 8. The van der Waals surface area contributed by atoms with Gasteiger partial charge in [-0.25, -0.2) is 0 Å². The van der Waals surface area contributed by atoms with Crippen LogP contribution in [0.25, 0.3) is 0 Å². The van der Waals surface area contributed by atoms with Gasteiger partial charge in [-0.15, -0.1) is 0 Å². The van der Waals surface area contributed by atoms with Crippen molar-refractivity contribution in [2.45, 2.75) is 30.3 Å². The summed E-state index contributed by atoms with van der Waals surface area (Å²) in [4.78, 5) is 0. The molecule has 7 N–H and O–H groups in total. The molecule has 0 amide bonds. The fourth-order valence-electron chi connectivity index (χ4n) is 1.47. The predicted octanol–water partition coefficient (Wildman–Crippen LogP) is -7.38. The minimum atomic E-state index is -4.97. The molecule has 0 bridgehead atoms. The van der Waals surface area contributed by atoms with E-state index in [9.17, 15) is 23.7 Å². The number of aliphatic hydroxyl groups excluding tert-OH is 4. The Kier molecular flexibility index (Phi) is 6.61. The molecule has 12 heteroatoms. The zero-order chi connectivity index (χ0) is 13.4. The maximum atomic E-state index is 10.6. The van der Waals surface area contributed by atoms with Gasteiger partial charge >= 0.3 is 39.9 Å². The normalized spacial score (nSPS) is 41.2. The largest absolute Gasteiger partial charge is 1.00 e. The Hall–Kier alpha value is 0.630. The molecule has 0 radical (unpaired) electrons. The number of ether oxygens (including phenoxy) is 1. The number of aliphatic hydroxyl groups is 5. The van der Waals surface area contributed by atoms with Gasteiger partial charge in [0, 0.05) is 0 Å². The maximum absolute atomic E-state index is 10.6. The summed E-state index contributed by atoms with van der Waals surface area (Å²) in [5.41, 5.74) is -2.99. The van der Waals surface area contributed by atoms with E-state index in [0.717, 1.165) is 4.72 Å². The zero-order valence-electron chi connectivity index (χ0n) is 10.3. The van der Waals surface area contributed by atoms with Gasteiger partial charge < -0.3 is 31.7 Å². The van der Waals surface area contributed by atoms with Crippen molar-refractivity contribution in [1.29, 1.82) is 0 Å². The monoisotopic (exact) mass is 299 g/mol. The second-order valence-electron chi connectivity index (χ2n) is 3.54. The second kappa shape index (κ2) is 6.39. The van der Waals surface area contributed by atoms with E-state index in [2.05, 4.69) is 4.74 Å². The third kappa shape index (κ3) is 3.82. The number of nitrogens with one attached hydrogen (secondary N) is 1. The fourth-order valence-corrected chi connectivity index (χ4v) is 2.13. The molecule has 1 aliphatic rings. The third-order valence-corrected chi connectivity index (χ3v) is 2.90. The van der Waals surface area contributed by atoms with E-state index in [1.165, 1.54) is 0 Å². The Labute approximate surface area is 126 Å². The molecule has 1 rings (SSSR count). The molecular formula is C6H14NNaO9S. The van der Waals surface area contributed by atoms with Crippen molar-refractivity contribution in [3.63, 3.8) is 0 Å². The SMILES string of the molecule is O=S(=O)(O)N[C@]1(O)[C@H](O)[C@@H](O)O[C@H](CO)[C@H]1O.[H-].[Na+]. The summed E-state index contributed by atoms with van der Waals surface area (Å²) >= 11 is 0. The van der Waals surface area contributed by atoms with Gasteiger partial charge in [-0.3, -0.25) is 4.55 Å². The van der Waals surface area contributed by atoms with Crippen molar-refractivity contribution in [3.8, 4) is 0 Å². The summed E-state index contributed by atoms with van der Waals surface area (Å²) in [6.45, 7) is -0.861. The summed E-state index contributed by atoms with van der Waals surface area (Å²) in [7, 11) is -4.97. The van der Waals surface area contributed by atoms with Gasteiger partial charge in [0.25, 0.3) is 0 Å². The Morgan fingerprint density at radius 1 is 1.28 bits per heavy atom. The number of rotatable bonds is 3. The first-order valence-corrected chi connectivity index (χ1v) is 5.85. The molecule has 18 heavy (non-hydrogen) atoms. The van der Waals surface area contributed by atoms with Crippen LogP contribution >= 0.6 is 0 Å². The topological polar surface area (TPSA) is 177 Å². The van der Waals surface area contributed by atoms with Crippen molar-refractivity contribution < 1.29 is 74.2 Å². The van der Waals surface area contributed by atoms with Crippen molar-refractivity contribution in [3.05, 3.63) is 0 Å². The van der Waals surface area contributed by atoms with Crippen molar-refractivity contribution >= 4 is 10.3 Å². The summed E-state index contributed by atoms with van der Waals surface area (Å²) in [5.74, 6) is 0. The molecule has 1 aliphatic heterocycles. The van der Waals surface area contributed by atoms with Gasteiger partial charge in [0.2, 0.25) is 0 Å². The molecule has 0 aliphatic carbocycles. The molecule has 0 aromatic rings. The van der Waals surface area contributed by atoms with Gasteiger partial charge in [-0.05, 0) is 0 Å². The Balaban J connectivity index is 0. The maximum Gasteiger partial charge on any atom is 1.00 e. The van der Waals surface area contributed by atoms with Crippen LogP contribution in [0.5, 0.6) is 0 Å². The third-order valence-electron chi connectivity index (χ3n) is 2.31. The molecule has 5 atom stereocenters. The molecular weight excluding hydrogens is 285 g/mol. The molecule has 1 saturated heterocycles. The minimum Gasteiger partial charge on any atom is -1.00 e. The van der Waals surface area contributed by atoms with Crippen molar-refractivity contribution in [2.24, 2.45) is 0 Å². The van der Waals surface area contributed by atoms with Crippen LogP contribution in [-0.2, 0) is 15.0 Å². The van der Waals surface area contributed by atoms with Crippen LogP contribution in [0, 0.1) is 0 Å². The van der Waals surface area contributed by atoms with Crippen LogP contribution in [0.15, 0.2) is 0 Å². The Bertz CT molecular complexity index is 383. The molecule has 10 nitrogen and oxygen atoms in total. The van der Waals surface area contributed by atoms with Crippen LogP contribution in [0.4, 0.5) is 0 Å². The molecule has 0 aromatic carbocycles. The van der Waals surface area contributed by atoms with Crippen molar-refractivity contribution in [2.75, 3.05) is 6.61 Å². The van der Waals surface area contributed by atoms with Gasteiger partial charge in [-0.2, -0.15) is 13.1 Å². The van der Waals surface area contributed by atoms with Crippen LogP contribution < -0.4 is 34.3 Å². The van der Waals surface area contributed by atoms with E-state index in [-0.39, 0.29) is 31.0 Å². The van der Waals surface area contributed by atoms with E-state index in [1.807, 2.05) is 0 Å². The molecule has 0 aromatic heterocycles. The summed E-state index contributed by atoms with van der Waals surface area (Å²) in [5, 5.41) is 46.5. The van der Waals surface area contributed by atoms with Crippen LogP contribution in [-0.4, -0.2) is 75.4 Å². The molecule has 0 unspecified atom stereocenters. The van der Waals surface area contributed by atoms with Crippen LogP contribution in [0.1, 0.15) is 1.43 Å². The van der Waals surface area contributed by atoms with Crippen LogP contribution in [0.3, 0.4) is 0 Å². The van der Waals surface area contributed by atoms with Gasteiger partial charge in [-0.1, -0.05) is 0 Å².